The highest BCUT2D eigenvalue weighted by atomic mass is 16.1. The predicted octanol–water partition coefficient (Wildman–Crippen LogP) is 4.37. The molecule has 0 bridgehead atoms. The van der Waals surface area contributed by atoms with Crippen molar-refractivity contribution in [3.63, 3.8) is 0 Å². The molecule has 0 aliphatic heterocycles. The molecule has 2 aromatic carbocycles. The molecular weight excluding hydrogens is 356 g/mol. The van der Waals surface area contributed by atoms with Gasteiger partial charge in [0, 0.05) is 19.5 Å². The quantitative estimate of drug-likeness (QED) is 0.431. The highest BCUT2D eigenvalue weighted by molar-refractivity contribution is 5.75. The normalized spacial score (nSPS) is 10.7. The van der Waals surface area contributed by atoms with Crippen LogP contribution in [0.1, 0.15) is 47.9 Å². The van der Waals surface area contributed by atoms with E-state index in [1.54, 1.807) is 0 Å². The molecule has 1 N–H and O–H groups in total. The molecule has 0 saturated carbocycles. The van der Waals surface area contributed by atoms with Gasteiger partial charge >= 0.3 is 0 Å². The van der Waals surface area contributed by atoms with Crippen LogP contribution >= 0.6 is 0 Å². The van der Waals surface area contributed by atoms with E-state index < -0.39 is 0 Å². The zero-order chi connectivity index (χ0) is 20.9. The summed E-state index contributed by atoms with van der Waals surface area (Å²) in [4.78, 5) is 13.9. The Balaban J connectivity index is 1.59. The first-order valence-corrected chi connectivity index (χ1v) is 10.6. The topological polar surface area (TPSA) is 32.3 Å². The standard InChI is InChI=1S/C26H34N2O/c1-4-19-28(3)20-18-27-26(29)13-7-5-6-11-23-14-16-24(17-15-23)21-25-12-9-8-10-22(25)2/h1,8-10,12,14-17H,5-7,11,13,18-21H2,2-3H3,(H,27,29). The molecule has 154 valence electrons. The summed E-state index contributed by atoms with van der Waals surface area (Å²) in [6.07, 6.45) is 11.1. The number of likely N-dealkylation sites (N-methyl/N-ethyl adjacent to an activating group) is 1. The first-order chi connectivity index (χ1) is 14.1. The number of hydrogen-bond donors (Lipinski definition) is 1. The van der Waals surface area contributed by atoms with Crippen LogP contribution in [0.15, 0.2) is 48.5 Å². The van der Waals surface area contributed by atoms with E-state index in [0.717, 1.165) is 38.6 Å². The van der Waals surface area contributed by atoms with Gasteiger partial charge < -0.3 is 5.32 Å². The molecule has 0 aliphatic carbocycles. The number of unbranched alkanes of at least 4 members (excludes halogenated alkanes) is 2. The molecule has 0 heterocycles. The van der Waals surface area contributed by atoms with Crippen LogP contribution in [0.4, 0.5) is 0 Å². The minimum Gasteiger partial charge on any atom is -0.355 e. The van der Waals surface area contributed by atoms with Gasteiger partial charge in [0.1, 0.15) is 0 Å². The number of hydrogen-bond acceptors (Lipinski definition) is 2. The third-order valence-corrected chi connectivity index (χ3v) is 5.22. The lowest BCUT2D eigenvalue weighted by Crippen LogP contribution is -2.33. The second kappa shape index (κ2) is 12.8. The molecule has 0 spiro atoms. The molecule has 0 saturated heterocycles. The van der Waals surface area contributed by atoms with Crippen molar-refractivity contribution in [3.05, 3.63) is 70.8 Å². The summed E-state index contributed by atoms with van der Waals surface area (Å²) in [5, 5.41) is 2.96. The number of rotatable bonds is 12. The molecule has 0 unspecified atom stereocenters. The monoisotopic (exact) mass is 390 g/mol. The van der Waals surface area contributed by atoms with Gasteiger partial charge in [0.15, 0.2) is 0 Å². The molecule has 2 rings (SSSR count). The van der Waals surface area contributed by atoms with E-state index in [4.69, 9.17) is 6.42 Å². The van der Waals surface area contributed by atoms with Gasteiger partial charge in [-0.15, -0.1) is 6.42 Å². The number of amides is 1. The van der Waals surface area contributed by atoms with E-state index in [2.05, 4.69) is 66.7 Å². The number of aryl methyl sites for hydroxylation is 2. The summed E-state index contributed by atoms with van der Waals surface area (Å²) in [6.45, 7) is 4.23. The molecule has 2 aromatic rings. The summed E-state index contributed by atoms with van der Waals surface area (Å²) in [7, 11) is 1.96. The smallest absolute Gasteiger partial charge is 0.220 e. The van der Waals surface area contributed by atoms with E-state index in [1.807, 2.05) is 11.9 Å². The number of nitrogens with one attached hydrogen (secondary N) is 1. The third kappa shape index (κ3) is 8.98. The van der Waals surface area contributed by atoms with E-state index in [1.165, 1.54) is 22.3 Å². The van der Waals surface area contributed by atoms with Crippen LogP contribution in [0.3, 0.4) is 0 Å². The Morgan fingerprint density at radius 1 is 1.03 bits per heavy atom. The minimum atomic E-state index is 0.139. The van der Waals surface area contributed by atoms with E-state index in [0.29, 0.717) is 19.5 Å². The van der Waals surface area contributed by atoms with Gasteiger partial charge in [-0.05, 0) is 61.9 Å². The lowest BCUT2D eigenvalue weighted by Gasteiger charge is -2.13. The first-order valence-electron chi connectivity index (χ1n) is 10.6. The Hall–Kier alpha value is -2.57. The first kappa shape index (κ1) is 22.7. The van der Waals surface area contributed by atoms with Gasteiger partial charge in [-0.25, -0.2) is 0 Å². The van der Waals surface area contributed by atoms with Crippen molar-refractivity contribution in [1.29, 1.82) is 0 Å². The maximum atomic E-state index is 11.9. The lowest BCUT2D eigenvalue weighted by atomic mass is 9.98. The second-order valence-corrected chi connectivity index (χ2v) is 7.77. The molecule has 0 radical (unpaired) electrons. The Bertz CT molecular complexity index is 789. The Labute approximate surface area is 176 Å². The van der Waals surface area contributed by atoms with Crippen molar-refractivity contribution < 1.29 is 4.79 Å². The zero-order valence-corrected chi connectivity index (χ0v) is 17.9. The fraction of sp³-hybridized carbons (Fsp3) is 0.423. The van der Waals surface area contributed by atoms with Crippen molar-refractivity contribution in [1.82, 2.24) is 10.2 Å². The number of benzene rings is 2. The highest BCUT2D eigenvalue weighted by Gasteiger charge is 2.03. The Morgan fingerprint density at radius 3 is 2.48 bits per heavy atom. The Kier molecular flexibility index (Phi) is 10.0. The van der Waals surface area contributed by atoms with E-state index in [-0.39, 0.29) is 5.91 Å². The molecule has 1 amide bonds. The lowest BCUT2D eigenvalue weighted by molar-refractivity contribution is -0.121. The fourth-order valence-electron chi connectivity index (χ4n) is 3.35. The maximum absolute atomic E-state index is 11.9. The third-order valence-electron chi connectivity index (χ3n) is 5.22. The van der Waals surface area contributed by atoms with Gasteiger partial charge in [-0.2, -0.15) is 0 Å². The number of carbonyl (C=O) groups excluding carboxylic acids is 1. The molecular formula is C26H34N2O. The van der Waals surface area contributed by atoms with Crippen LogP contribution < -0.4 is 5.32 Å². The minimum absolute atomic E-state index is 0.139. The molecule has 29 heavy (non-hydrogen) atoms. The summed E-state index contributed by atoms with van der Waals surface area (Å²) in [5.41, 5.74) is 5.47. The van der Waals surface area contributed by atoms with Gasteiger partial charge in [-0.3, -0.25) is 9.69 Å². The van der Waals surface area contributed by atoms with Crippen molar-refractivity contribution in [2.45, 2.75) is 45.4 Å². The molecule has 3 nitrogen and oxygen atoms in total. The molecule has 0 aliphatic rings. The van der Waals surface area contributed by atoms with Crippen LogP contribution in [0.25, 0.3) is 0 Å². The molecule has 0 atom stereocenters. The van der Waals surface area contributed by atoms with Crippen molar-refractivity contribution in [2.24, 2.45) is 0 Å². The van der Waals surface area contributed by atoms with E-state index in [9.17, 15) is 4.79 Å². The predicted molar refractivity (Wildman–Crippen MR) is 122 cm³/mol. The van der Waals surface area contributed by atoms with Crippen molar-refractivity contribution >= 4 is 5.91 Å². The van der Waals surface area contributed by atoms with E-state index >= 15 is 0 Å². The number of carbonyl (C=O) groups is 1. The van der Waals surface area contributed by atoms with Crippen LogP contribution in [0.2, 0.25) is 0 Å². The summed E-state index contributed by atoms with van der Waals surface area (Å²) in [5.74, 6) is 2.74. The van der Waals surface area contributed by atoms with Crippen LogP contribution in [0.5, 0.6) is 0 Å². The van der Waals surface area contributed by atoms with Crippen LogP contribution in [0, 0.1) is 19.3 Å². The zero-order valence-electron chi connectivity index (χ0n) is 17.9. The SMILES string of the molecule is C#CCN(C)CCNC(=O)CCCCCc1ccc(Cc2ccccc2C)cc1. The van der Waals surface area contributed by atoms with Crippen molar-refractivity contribution in [2.75, 3.05) is 26.7 Å². The molecule has 0 fully saturated rings. The van der Waals surface area contributed by atoms with Gasteiger partial charge in [0.2, 0.25) is 5.91 Å². The average Bonchev–Trinajstić information content (AvgIpc) is 2.71. The summed E-state index contributed by atoms with van der Waals surface area (Å²) >= 11 is 0. The largest absolute Gasteiger partial charge is 0.355 e. The molecule has 3 heteroatoms. The fourth-order valence-corrected chi connectivity index (χ4v) is 3.35. The second-order valence-electron chi connectivity index (χ2n) is 7.77. The van der Waals surface area contributed by atoms with Crippen molar-refractivity contribution in [3.8, 4) is 12.3 Å². The van der Waals surface area contributed by atoms with Gasteiger partial charge in [0.25, 0.3) is 0 Å². The summed E-state index contributed by atoms with van der Waals surface area (Å²) < 4.78 is 0. The van der Waals surface area contributed by atoms with Gasteiger partial charge in [-0.1, -0.05) is 60.9 Å². The maximum Gasteiger partial charge on any atom is 0.220 e. The highest BCUT2D eigenvalue weighted by Crippen LogP contribution is 2.15. The van der Waals surface area contributed by atoms with Gasteiger partial charge in [0.05, 0.1) is 6.54 Å². The summed E-state index contributed by atoms with van der Waals surface area (Å²) in [6, 6.07) is 17.5. The average molecular weight is 391 g/mol. The Morgan fingerprint density at radius 2 is 1.76 bits per heavy atom. The molecule has 0 aromatic heterocycles. The van der Waals surface area contributed by atoms with Crippen LogP contribution in [-0.4, -0.2) is 37.5 Å². The van der Waals surface area contributed by atoms with Crippen LogP contribution in [-0.2, 0) is 17.6 Å². The number of terminal acetylenes is 1. The number of nitrogens with zero attached hydrogens (tertiary/aromatic N) is 1.